The number of benzene rings is 1. The predicted molar refractivity (Wildman–Crippen MR) is 92.3 cm³/mol. The summed E-state index contributed by atoms with van der Waals surface area (Å²) >= 11 is 0. The second-order valence-electron chi connectivity index (χ2n) is 5.81. The maximum absolute atomic E-state index is 12.1. The SMILES string of the molecule is O=C(/C=C/C1CC1)NCc1cccc(NC(=O)c2cccnc2)c1. The predicted octanol–water partition coefficient (Wildman–Crippen LogP) is 2.92. The van der Waals surface area contributed by atoms with Crippen LogP contribution in [-0.4, -0.2) is 16.8 Å². The van der Waals surface area contributed by atoms with E-state index in [2.05, 4.69) is 15.6 Å². The molecule has 0 unspecified atom stereocenters. The molecule has 1 saturated carbocycles. The van der Waals surface area contributed by atoms with Crippen LogP contribution in [0.3, 0.4) is 0 Å². The van der Waals surface area contributed by atoms with Crippen LogP contribution in [0.15, 0.2) is 60.9 Å². The molecule has 122 valence electrons. The Balaban J connectivity index is 1.55. The second kappa shape index (κ2) is 7.55. The van der Waals surface area contributed by atoms with E-state index in [1.54, 1.807) is 24.4 Å². The summed E-state index contributed by atoms with van der Waals surface area (Å²) in [6, 6.07) is 10.8. The van der Waals surface area contributed by atoms with E-state index in [1.807, 2.05) is 30.3 Å². The molecule has 0 aliphatic heterocycles. The lowest BCUT2D eigenvalue weighted by Gasteiger charge is -2.08. The van der Waals surface area contributed by atoms with E-state index < -0.39 is 0 Å². The molecule has 2 aromatic rings. The molecule has 2 N–H and O–H groups in total. The van der Waals surface area contributed by atoms with Crippen molar-refractivity contribution in [3.05, 3.63) is 72.1 Å². The lowest BCUT2D eigenvalue weighted by molar-refractivity contribution is -0.116. The van der Waals surface area contributed by atoms with Gasteiger partial charge < -0.3 is 10.6 Å². The van der Waals surface area contributed by atoms with Gasteiger partial charge in [0.2, 0.25) is 5.91 Å². The van der Waals surface area contributed by atoms with Crippen molar-refractivity contribution in [2.24, 2.45) is 5.92 Å². The van der Waals surface area contributed by atoms with Crippen molar-refractivity contribution in [1.82, 2.24) is 10.3 Å². The number of carbonyl (C=O) groups excluding carboxylic acids is 2. The van der Waals surface area contributed by atoms with Gasteiger partial charge in [-0.15, -0.1) is 0 Å². The third kappa shape index (κ3) is 4.78. The molecule has 0 saturated heterocycles. The summed E-state index contributed by atoms with van der Waals surface area (Å²) in [5.41, 5.74) is 2.11. The summed E-state index contributed by atoms with van der Waals surface area (Å²) in [4.78, 5) is 27.8. The number of nitrogens with zero attached hydrogens (tertiary/aromatic N) is 1. The van der Waals surface area contributed by atoms with Crippen LogP contribution in [0, 0.1) is 5.92 Å². The van der Waals surface area contributed by atoms with E-state index in [1.165, 1.54) is 19.0 Å². The van der Waals surface area contributed by atoms with Crippen LogP contribution in [0.2, 0.25) is 0 Å². The number of amides is 2. The van der Waals surface area contributed by atoms with E-state index in [0.717, 1.165) is 5.56 Å². The standard InChI is InChI=1S/C19H19N3O2/c23-18(9-8-14-6-7-14)21-12-15-3-1-5-17(11-15)22-19(24)16-4-2-10-20-13-16/h1-5,8-11,13-14H,6-7,12H2,(H,21,23)(H,22,24)/b9-8+. The maximum atomic E-state index is 12.1. The molecule has 1 aliphatic carbocycles. The molecule has 0 atom stereocenters. The van der Waals surface area contributed by atoms with E-state index >= 15 is 0 Å². The summed E-state index contributed by atoms with van der Waals surface area (Å²) in [5, 5.41) is 5.67. The number of pyridine rings is 1. The topological polar surface area (TPSA) is 71.1 Å². The molecule has 1 aromatic heterocycles. The smallest absolute Gasteiger partial charge is 0.257 e. The first kappa shape index (κ1) is 15.9. The third-order valence-corrected chi connectivity index (χ3v) is 3.72. The van der Waals surface area contributed by atoms with Gasteiger partial charge in [-0.3, -0.25) is 14.6 Å². The van der Waals surface area contributed by atoms with Gasteiger partial charge in [0.05, 0.1) is 5.56 Å². The summed E-state index contributed by atoms with van der Waals surface area (Å²) in [6.45, 7) is 0.421. The van der Waals surface area contributed by atoms with Crippen molar-refractivity contribution < 1.29 is 9.59 Å². The van der Waals surface area contributed by atoms with Gasteiger partial charge in [0.15, 0.2) is 0 Å². The van der Waals surface area contributed by atoms with E-state index in [0.29, 0.717) is 23.7 Å². The molecule has 1 aliphatic rings. The van der Waals surface area contributed by atoms with Gasteiger partial charge in [0, 0.05) is 24.6 Å². The summed E-state index contributed by atoms with van der Waals surface area (Å²) in [7, 11) is 0. The number of hydrogen-bond acceptors (Lipinski definition) is 3. The van der Waals surface area contributed by atoms with Crippen molar-refractivity contribution in [3.8, 4) is 0 Å². The lowest BCUT2D eigenvalue weighted by Crippen LogP contribution is -2.20. The highest BCUT2D eigenvalue weighted by molar-refractivity contribution is 6.04. The molecular formula is C19H19N3O2. The third-order valence-electron chi connectivity index (χ3n) is 3.72. The monoisotopic (exact) mass is 321 g/mol. The van der Waals surface area contributed by atoms with E-state index in [-0.39, 0.29) is 11.8 Å². The Bertz CT molecular complexity index is 752. The molecule has 5 nitrogen and oxygen atoms in total. The Kier molecular flexibility index (Phi) is 5.01. The van der Waals surface area contributed by atoms with Crippen LogP contribution >= 0.6 is 0 Å². The van der Waals surface area contributed by atoms with Crippen molar-refractivity contribution in [2.75, 3.05) is 5.32 Å². The van der Waals surface area contributed by atoms with Crippen molar-refractivity contribution in [2.45, 2.75) is 19.4 Å². The minimum Gasteiger partial charge on any atom is -0.348 e. The Morgan fingerprint density at radius 2 is 2.08 bits per heavy atom. The fourth-order valence-electron chi connectivity index (χ4n) is 2.22. The van der Waals surface area contributed by atoms with Gasteiger partial charge in [0.1, 0.15) is 0 Å². The van der Waals surface area contributed by atoms with Gasteiger partial charge >= 0.3 is 0 Å². The average Bonchev–Trinajstić information content (AvgIpc) is 3.44. The largest absolute Gasteiger partial charge is 0.348 e. The molecule has 0 bridgehead atoms. The zero-order valence-electron chi connectivity index (χ0n) is 13.2. The molecule has 3 rings (SSSR count). The number of aromatic nitrogens is 1. The Labute approximate surface area is 140 Å². The molecule has 1 heterocycles. The summed E-state index contributed by atoms with van der Waals surface area (Å²) < 4.78 is 0. The van der Waals surface area contributed by atoms with Crippen LogP contribution in [0.4, 0.5) is 5.69 Å². The molecule has 0 radical (unpaired) electrons. The number of carbonyl (C=O) groups is 2. The number of allylic oxidation sites excluding steroid dienone is 1. The first-order valence-electron chi connectivity index (χ1n) is 7.97. The van der Waals surface area contributed by atoms with Gasteiger partial charge in [0.25, 0.3) is 5.91 Å². The quantitative estimate of drug-likeness (QED) is 0.804. The fraction of sp³-hybridized carbons (Fsp3) is 0.211. The molecule has 5 heteroatoms. The number of hydrogen-bond donors (Lipinski definition) is 2. The highest BCUT2D eigenvalue weighted by Gasteiger charge is 2.17. The Morgan fingerprint density at radius 1 is 1.21 bits per heavy atom. The summed E-state index contributed by atoms with van der Waals surface area (Å²) in [6.07, 6.45) is 9.07. The van der Waals surface area contributed by atoms with Gasteiger partial charge in [-0.1, -0.05) is 18.2 Å². The first-order valence-corrected chi connectivity index (χ1v) is 7.97. The zero-order chi connectivity index (χ0) is 16.8. The number of nitrogens with one attached hydrogen (secondary N) is 2. The van der Waals surface area contributed by atoms with Gasteiger partial charge in [-0.25, -0.2) is 0 Å². The molecule has 1 aromatic carbocycles. The number of anilines is 1. The molecule has 2 amide bonds. The maximum Gasteiger partial charge on any atom is 0.257 e. The minimum atomic E-state index is -0.211. The molecule has 24 heavy (non-hydrogen) atoms. The van der Waals surface area contributed by atoms with Crippen LogP contribution in [0.1, 0.15) is 28.8 Å². The first-order chi connectivity index (χ1) is 11.7. The minimum absolute atomic E-state index is 0.0910. The molecular weight excluding hydrogens is 302 g/mol. The average molecular weight is 321 g/mol. The fourth-order valence-corrected chi connectivity index (χ4v) is 2.22. The molecule has 1 fully saturated rings. The van der Waals surface area contributed by atoms with Gasteiger partial charge in [-0.2, -0.15) is 0 Å². The van der Waals surface area contributed by atoms with Crippen molar-refractivity contribution >= 4 is 17.5 Å². The van der Waals surface area contributed by atoms with Crippen molar-refractivity contribution in [3.63, 3.8) is 0 Å². The van der Waals surface area contributed by atoms with E-state index in [4.69, 9.17) is 0 Å². The van der Waals surface area contributed by atoms with E-state index in [9.17, 15) is 9.59 Å². The Morgan fingerprint density at radius 3 is 2.83 bits per heavy atom. The lowest BCUT2D eigenvalue weighted by atomic mass is 10.2. The van der Waals surface area contributed by atoms with Crippen LogP contribution in [-0.2, 0) is 11.3 Å². The van der Waals surface area contributed by atoms with Crippen LogP contribution < -0.4 is 10.6 Å². The highest BCUT2D eigenvalue weighted by Crippen LogP contribution is 2.29. The normalized spacial score (nSPS) is 13.7. The second-order valence-corrected chi connectivity index (χ2v) is 5.81. The highest BCUT2D eigenvalue weighted by atomic mass is 16.2. The Hall–Kier alpha value is -2.95. The zero-order valence-corrected chi connectivity index (χ0v) is 13.2. The van der Waals surface area contributed by atoms with Gasteiger partial charge in [-0.05, 0) is 54.7 Å². The number of rotatable bonds is 6. The van der Waals surface area contributed by atoms with Crippen LogP contribution in [0.25, 0.3) is 0 Å². The van der Waals surface area contributed by atoms with Crippen LogP contribution in [0.5, 0.6) is 0 Å². The summed E-state index contributed by atoms with van der Waals surface area (Å²) in [5.74, 6) is 0.283. The molecule has 0 spiro atoms. The van der Waals surface area contributed by atoms with Crippen molar-refractivity contribution in [1.29, 1.82) is 0 Å².